The summed E-state index contributed by atoms with van der Waals surface area (Å²) in [6.45, 7) is 7.97. The molecule has 0 aromatic heterocycles. The molecule has 0 saturated heterocycles. The van der Waals surface area contributed by atoms with Gasteiger partial charge in [-0.1, -0.05) is 53.6 Å². The Balaban J connectivity index is 2.24. The summed E-state index contributed by atoms with van der Waals surface area (Å²) in [5.74, 6) is -0.262. The number of halogens is 1. The smallest absolute Gasteiger partial charge is 0.242 e. The van der Waals surface area contributed by atoms with Gasteiger partial charge < -0.3 is 10.2 Å². The first-order chi connectivity index (χ1) is 12.8. The lowest BCUT2D eigenvalue weighted by molar-refractivity contribution is -0.140. The molecule has 1 N–H and O–H groups in total. The zero-order valence-corrected chi connectivity index (χ0v) is 17.1. The van der Waals surface area contributed by atoms with E-state index >= 15 is 0 Å². The zero-order chi connectivity index (χ0) is 20.0. The van der Waals surface area contributed by atoms with Gasteiger partial charge in [-0.15, -0.1) is 0 Å². The second kappa shape index (κ2) is 9.56. The summed E-state index contributed by atoms with van der Waals surface area (Å²) in [7, 11) is 0. The number of nitrogens with one attached hydrogen (secondary N) is 1. The number of hydrogen-bond donors (Lipinski definition) is 1. The lowest BCUT2D eigenvalue weighted by Crippen LogP contribution is -2.49. The molecule has 4 nitrogen and oxygen atoms in total. The molecular weight excluding hydrogens is 360 g/mol. The highest BCUT2D eigenvalue weighted by atomic mass is 35.5. The molecule has 27 heavy (non-hydrogen) atoms. The fourth-order valence-electron chi connectivity index (χ4n) is 2.92. The van der Waals surface area contributed by atoms with Gasteiger partial charge >= 0.3 is 0 Å². The van der Waals surface area contributed by atoms with Crippen molar-refractivity contribution in [2.45, 2.75) is 52.7 Å². The molecule has 0 aliphatic rings. The molecule has 1 atom stereocenters. The van der Waals surface area contributed by atoms with Gasteiger partial charge in [0.1, 0.15) is 6.04 Å². The van der Waals surface area contributed by atoms with Crippen molar-refractivity contribution in [3.05, 3.63) is 70.2 Å². The van der Waals surface area contributed by atoms with Crippen molar-refractivity contribution in [2.24, 2.45) is 0 Å². The van der Waals surface area contributed by atoms with Crippen molar-refractivity contribution in [3.63, 3.8) is 0 Å². The Morgan fingerprint density at radius 3 is 2.33 bits per heavy atom. The van der Waals surface area contributed by atoms with Gasteiger partial charge in [-0.25, -0.2) is 0 Å². The highest BCUT2D eigenvalue weighted by molar-refractivity contribution is 6.30. The van der Waals surface area contributed by atoms with Gasteiger partial charge in [0.05, 0.1) is 6.42 Å². The van der Waals surface area contributed by atoms with E-state index in [-0.39, 0.29) is 24.3 Å². The van der Waals surface area contributed by atoms with Crippen molar-refractivity contribution in [1.29, 1.82) is 0 Å². The molecule has 2 rings (SSSR count). The van der Waals surface area contributed by atoms with Crippen molar-refractivity contribution in [3.8, 4) is 0 Å². The third kappa shape index (κ3) is 6.40. The van der Waals surface area contributed by atoms with Crippen LogP contribution in [0.4, 0.5) is 0 Å². The molecule has 144 valence electrons. The van der Waals surface area contributed by atoms with E-state index in [9.17, 15) is 9.59 Å². The average molecular weight is 387 g/mol. The highest BCUT2D eigenvalue weighted by Crippen LogP contribution is 2.16. The van der Waals surface area contributed by atoms with E-state index < -0.39 is 6.04 Å². The number of aryl methyl sites for hydroxylation is 1. The van der Waals surface area contributed by atoms with Crippen LogP contribution >= 0.6 is 11.6 Å². The van der Waals surface area contributed by atoms with Gasteiger partial charge in [-0.3, -0.25) is 9.59 Å². The van der Waals surface area contributed by atoms with Crippen molar-refractivity contribution >= 4 is 23.4 Å². The van der Waals surface area contributed by atoms with E-state index in [1.807, 2.05) is 57.2 Å². The number of carbonyl (C=O) groups excluding carboxylic acids is 2. The summed E-state index contributed by atoms with van der Waals surface area (Å²) in [6, 6.07) is 14.7. The summed E-state index contributed by atoms with van der Waals surface area (Å²) in [4.78, 5) is 27.2. The van der Waals surface area contributed by atoms with Crippen molar-refractivity contribution in [1.82, 2.24) is 10.2 Å². The normalized spacial score (nSPS) is 11.9. The standard InChI is InChI=1S/C22H27ClN2O2/c1-15(2)24-22(27)17(4)25(14-19-9-5-7-16(3)11-19)21(26)13-18-8-6-10-20(23)12-18/h5-12,15,17H,13-14H2,1-4H3,(H,24,27)/t17-/m1/s1. The molecule has 2 aromatic carbocycles. The summed E-state index contributed by atoms with van der Waals surface area (Å²) in [6.07, 6.45) is 0.200. The number of benzene rings is 2. The second-order valence-electron chi connectivity index (χ2n) is 7.16. The average Bonchev–Trinajstić information content (AvgIpc) is 2.58. The first-order valence-corrected chi connectivity index (χ1v) is 9.54. The number of nitrogens with zero attached hydrogens (tertiary/aromatic N) is 1. The minimum atomic E-state index is -0.570. The Hall–Kier alpha value is -2.33. The predicted molar refractivity (Wildman–Crippen MR) is 110 cm³/mol. The van der Waals surface area contributed by atoms with Crippen LogP contribution in [0.15, 0.2) is 48.5 Å². The molecule has 5 heteroatoms. The maximum Gasteiger partial charge on any atom is 0.242 e. The predicted octanol–water partition coefficient (Wildman–Crippen LogP) is 4.13. The molecule has 0 aliphatic carbocycles. The largest absolute Gasteiger partial charge is 0.352 e. The van der Waals surface area contributed by atoms with Crippen LogP contribution in [0.5, 0.6) is 0 Å². The van der Waals surface area contributed by atoms with Crippen LogP contribution in [0, 0.1) is 6.92 Å². The van der Waals surface area contributed by atoms with Gasteiger partial charge in [0.25, 0.3) is 0 Å². The van der Waals surface area contributed by atoms with E-state index in [0.29, 0.717) is 11.6 Å². The Labute approximate surface area is 166 Å². The van der Waals surface area contributed by atoms with Gasteiger partial charge in [-0.2, -0.15) is 0 Å². The van der Waals surface area contributed by atoms with E-state index in [1.54, 1.807) is 24.0 Å². The fourth-order valence-corrected chi connectivity index (χ4v) is 3.13. The maximum absolute atomic E-state index is 13.0. The van der Waals surface area contributed by atoms with Crippen LogP contribution in [-0.2, 0) is 22.6 Å². The maximum atomic E-state index is 13.0. The first-order valence-electron chi connectivity index (χ1n) is 9.16. The van der Waals surface area contributed by atoms with E-state index in [2.05, 4.69) is 5.32 Å². The van der Waals surface area contributed by atoms with Crippen LogP contribution in [0.3, 0.4) is 0 Å². The molecule has 0 radical (unpaired) electrons. The van der Waals surface area contributed by atoms with Gasteiger partial charge in [0, 0.05) is 17.6 Å². The number of hydrogen-bond acceptors (Lipinski definition) is 2. The van der Waals surface area contributed by atoms with Gasteiger partial charge in [0.15, 0.2) is 0 Å². The Kier molecular flexibility index (Phi) is 7.43. The van der Waals surface area contributed by atoms with E-state index in [1.165, 1.54) is 0 Å². The molecule has 0 fully saturated rings. The molecule has 2 amide bonds. The van der Waals surface area contributed by atoms with Crippen molar-refractivity contribution in [2.75, 3.05) is 0 Å². The van der Waals surface area contributed by atoms with Crippen LogP contribution in [0.25, 0.3) is 0 Å². The lowest BCUT2D eigenvalue weighted by atomic mass is 10.1. The quantitative estimate of drug-likeness (QED) is 0.777. The third-order valence-corrected chi connectivity index (χ3v) is 4.51. The first kappa shape index (κ1) is 21.0. The summed E-state index contributed by atoms with van der Waals surface area (Å²) in [5, 5.41) is 3.49. The van der Waals surface area contributed by atoms with Crippen LogP contribution in [0.2, 0.25) is 5.02 Å². The molecule has 0 aliphatic heterocycles. The molecule has 0 spiro atoms. The minimum absolute atomic E-state index is 0.0174. The summed E-state index contributed by atoms with van der Waals surface area (Å²) in [5.41, 5.74) is 2.95. The van der Waals surface area contributed by atoms with E-state index in [4.69, 9.17) is 11.6 Å². The lowest BCUT2D eigenvalue weighted by Gasteiger charge is -2.29. The molecule has 0 heterocycles. The Morgan fingerprint density at radius 2 is 1.70 bits per heavy atom. The Morgan fingerprint density at radius 1 is 1.04 bits per heavy atom. The summed E-state index contributed by atoms with van der Waals surface area (Å²) < 4.78 is 0. The molecule has 0 saturated carbocycles. The van der Waals surface area contributed by atoms with Gasteiger partial charge in [0.2, 0.25) is 11.8 Å². The number of carbonyl (C=O) groups is 2. The van der Waals surface area contributed by atoms with Crippen LogP contribution in [0.1, 0.15) is 37.5 Å². The van der Waals surface area contributed by atoms with E-state index in [0.717, 1.165) is 16.7 Å². The molecule has 0 bridgehead atoms. The number of amides is 2. The topological polar surface area (TPSA) is 49.4 Å². The molecular formula is C22H27ClN2O2. The number of rotatable bonds is 7. The minimum Gasteiger partial charge on any atom is -0.352 e. The second-order valence-corrected chi connectivity index (χ2v) is 7.59. The highest BCUT2D eigenvalue weighted by Gasteiger charge is 2.26. The summed E-state index contributed by atoms with van der Waals surface area (Å²) >= 11 is 6.04. The molecule has 0 unspecified atom stereocenters. The third-order valence-electron chi connectivity index (χ3n) is 4.28. The van der Waals surface area contributed by atoms with Crippen LogP contribution < -0.4 is 5.32 Å². The van der Waals surface area contributed by atoms with Gasteiger partial charge in [-0.05, 0) is 51.0 Å². The monoisotopic (exact) mass is 386 g/mol. The van der Waals surface area contributed by atoms with Crippen LogP contribution in [-0.4, -0.2) is 28.8 Å². The SMILES string of the molecule is Cc1cccc(CN(C(=O)Cc2cccc(Cl)c2)[C@H](C)C(=O)NC(C)C)c1. The fraction of sp³-hybridized carbons (Fsp3) is 0.364. The zero-order valence-electron chi connectivity index (χ0n) is 16.3. The Bertz CT molecular complexity index is 804. The molecule has 2 aromatic rings. The van der Waals surface area contributed by atoms with Crippen molar-refractivity contribution < 1.29 is 9.59 Å².